The van der Waals surface area contributed by atoms with Gasteiger partial charge in [0.25, 0.3) is 0 Å². The van der Waals surface area contributed by atoms with Crippen molar-refractivity contribution >= 4 is 9.84 Å². The summed E-state index contributed by atoms with van der Waals surface area (Å²) < 4.78 is 24.6. The van der Waals surface area contributed by atoms with Gasteiger partial charge < -0.3 is 0 Å². The molecule has 0 amide bonds. The molecular formula is C11H18N2O2S. The molecule has 1 atom stereocenters. The van der Waals surface area contributed by atoms with Gasteiger partial charge in [0.05, 0.1) is 23.2 Å². The topological polar surface area (TPSA) is 52.0 Å². The van der Waals surface area contributed by atoms with Crippen molar-refractivity contribution in [1.29, 1.82) is 0 Å². The molecule has 1 unspecified atom stereocenters. The highest BCUT2D eigenvalue weighted by Gasteiger charge is 2.30. The van der Waals surface area contributed by atoms with Crippen molar-refractivity contribution in [2.45, 2.75) is 38.6 Å². The summed E-state index contributed by atoms with van der Waals surface area (Å²) in [6, 6.07) is 2.01. The van der Waals surface area contributed by atoms with Crippen LogP contribution in [0.5, 0.6) is 0 Å². The fourth-order valence-corrected chi connectivity index (χ4v) is 3.63. The monoisotopic (exact) mass is 242 g/mol. The molecule has 0 spiro atoms. The minimum Gasteiger partial charge on any atom is -0.268 e. The average Bonchev–Trinajstić information content (AvgIpc) is 2.68. The second-order valence-corrected chi connectivity index (χ2v) is 7.72. The lowest BCUT2D eigenvalue weighted by Crippen LogP contribution is -2.16. The molecular weight excluding hydrogens is 224 g/mol. The van der Waals surface area contributed by atoms with Gasteiger partial charge in [0, 0.05) is 11.6 Å². The van der Waals surface area contributed by atoms with Gasteiger partial charge in [-0.15, -0.1) is 0 Å². The molecule has 0 bridgehead atoms. The Hall–Kier alpha value is -0.840. The Kier molecular flexibility index (Phi) is 2.61. The summed E-state index contributed by atoms with van der Waals surface area (Å²) in [5.41, 5.74) is 1.03. The summed E-state index contributed by atoms with van der Waals surface area (Å²) in [6.45, 7) is 6.31. The zero-order valence-electron chi connectivity index (χ0n) is 9.97. The maximum Gasteiger partial charge on any atom is 0.152 e. The largest absolute Gasteiger partial charge is 0.268 e. The minimum absolute atomic E-state index is 0.0166. The van der Waals surface area contributed by atoms with Gasteiger partial charge in [-0.05, 0) is 12.5 Å². The number of rotatable bonds is 1. The number of aromatic nitrogens is 2. The quantitative estimate of drug-likeness (QED) is 0.750. The lowest BCUT2D eigenvalue weighted by molar-refractivity contribution is 0.474. The molecule has 0 aromatic carbocycles. The van der Waals surface area contributed by atoms with Gasteiger partial charge in [0.15, 0.2) is 9.84 Å². The molecule has 1 aliphatic rings. The summed E-state index contributed by atoms with van der Waals surface area (Å²) in [5, 5.41) is 4.48. The van der Waals surface area contributed by atoms with Gasteiger partial charge in [-0.1, -0.05) is 20.8 Å². The third-order valence-corrected chi connectivity index (χ3v) is 4.71. The molecule has 1 saturated heterocycles. The first kappa shape index (κ1) is 11.6. The zero-order chi connectivity index (χ0) is 12.0. The third-order valence-electron chi connectivity index (χ3n) is 2.96. The maximum atomic E-state index is 11.4. The van der Waals surface area contributed by atoms with Crippen molar-refractivity contribution < 1.29 is 8.42 Å². The van der Waals surface area contributed by atoms with Crippen molar-refractivity contribution in [3.8, 4) is 0 Å². The van der Waals surface area contributed by atoms with Crippen molar-refractivity contribution in [2.75, 3.05) is 11.5 Å². The SMILES string of the molecule is CC(C)(C)c1ccn(C2CCS(=O)(=O)C2)n1. The van der Waals surface area contributed by atoms with Crippen LogP contribution in [-0.4, -0.2) is 29.7 Å². The van der Waals surface area contributed by atoms with Crippen LogP contribution in [0.1, 0.15) is 38.9 Å². The first-order valence-corrected chi connectivity index (χ1v) is 7.36. The Morgan fingerprint density at radius 1 is 1.44 bits per heavy atom. The van der Waals surface area contributed by atoms with Crippen LogP contribution in [0.2, 0.25) is 0 Å². The summed E-state index contributed by atoms with van der Waals surface area (Å²) in [7, 11) is -2.83. The Morgan fingerprint density at radius 2 is 2.12 bits per heavy atom. The predicted octanol–water partition coefficient (Wildman–Crippen LogP) is 1.54. The van der Waals surface area contributed by atoms with Crippen molar-refractivity contribution in [2.24, 2.45) is 0 Å². The highest BCUT2D eigenvalue weighted by Crippen LogP contribution is 2.25. The molecule has 0 aliphatic carbocycles. The molecule has 90 valence electrons. The Bertz CT molecular complexity index is 482. The standard InChI is InChI=1S/C11H18N2O2S/c1-11(2,3)10-4-6-13(12-10)9-5-7-16(14,15)8-9/h4,6,9H,5,7-8H2,1-3H3. The summed E-state index contributed by atoms with van der Waals surface area (Å²) in [4.78, 5) is 0. The second-order valence-electron chi connectivity index (χ2n) is 5.49. The van der Waals surface area contributed by atoms with Crippen LogP contribution in [0, 0.1) is 0 Å². The predicted molar refractivity (Wildman–Crippen MR) is 63.2 cm³/mol. The molecule has 5 heteroatoms. The molecule has 4 nitrogen and oxygen atoms in total. The molecule has 2 rings (SSSR count). The van der Waals surface area contributed by atoms with Crippen LogP contribution in [0.4, 0.5) is 0 Å². The molecule has 1 aromatic heterocycles. The zero-order valence-corrected chi connectivity index (χ0v) is 10.8. The lowest BCUT2D eigenvalue weighted by atomic mass is 9.93. The van der Waals surface area contributed by atoms with Gasteiger partial charge in [-0.25, -0.2) is 8.42 Å². The number of sulfone groups is 1. The highest BCUT2D eigenvalue weighted by molar-refractivity contribution is 7.91. The minimum atomic E-state index is -2.83. The Labute approximate surface area is 96.6 Å². The lowest BCUT2D eigenvalue weighted by Gasteiger charge is -2.15. The number of hydrogen-bond acceptors (Lipinski definition) is 3. The number of hydrogen-bond donors (Lipinski definition) is 0. The molecule has 0 saturated carbocycles. The summed E-state index contributed by atoms with van der Waals surface area (Å²) in [5.74, 6) is 0.528. The van der Waals surface area contributed by atoms with Gasteiger partial charge in [0.2, 0.25) is 0 Å². The normalized spacial score (nSPS) is 24.8. The second kappa shape index (κ2) is 3.58. The molecule has 0 radical (unpaired) electrons. The molecule has 0 N–H and O–H groups in total. The van der Waals surface area contributed by atoms with Crippen molar-refractivity contribution in [1.82, 2.24) is 9.78 Å². The smallest absolute Gasteiger partial charge is 0.152 e. The van der Waals surface area contributed by atoms with Crippen LogP contribution < -0.4 is 0 Å². The van der Waals surface area contributed by atoms with Gasteiger partial charge >= 0.3 is 0 Å². The molecule has 2 heterocycles. The van der Waals surface area contributed by atoms with E-state index in [0.717, 1.165) is 5.69 Å². The Balaban J connectivity index is 2.21. The van der Waals surface area contributed by atoms with E-state index in [-0.39, 0.29) is 17.2 Å². The van der Waals surface area contributed by atoms with Crippen LogP contribution >= 0.6 is 0 Å². The van der Waals surface area contributed by atoms with Crippen LogP contribution in [-0.2, 0) is 15.3 Å². The average molecular weight is 242 g/mol. The highest BCUT2D eigenvalue weighted by atomic mass is 32.2. The molecule has 1 aromatic rings. The van der Waals surface area contributed by atoms with Crippen molar-refractivity contribution in [3.63, 3.8) is 0 Å². The number of nitrogens with zero attached hydrogens (tertiary/aromatic N) is 2. The van der Waals surface area contributed by atoms with Gasteiger partial charge in [0.1, 0.15) is 0 Å². The van der Waals surface area contributed by atoms with Crippen molar-refractivity contribution in [3.05, 3.63) is 18.0 Å². The van der Waals surface area contributed by atoms with Crippen LogP contribution in [0.15, 0.2) is 12.3 Å². The van der Waals surface area contributed by atoms with E-state index in [0.29, 0.717) is 12.2 Å². The van der Waals surface area contributed by atoms with Gasteiger partial charge in [-0.3, -0.25) is 4.68 Å². The summed E-state index contributed by atoms with van der Waals surface area (Å²) in [6.07, 6.45) is 2.58. The molecule has 1 fully saturated rings. The maximum absolute atomic E-state index is 11.4. The fourth-order valence-electron chi connectivity index (χ4n) is 1.93. The first-order chi connectivity index (χ1) is 7.28. The van der Waals surface area contributed by atoms with Crippen LogP contribution in [0.3, 0.4) is 0 Å². The molecule has 16 heavy (non-hydrogen) atoms. The van der Waals surface area contributed by atoms with E-state index in [2.05, 4.69) is 25.9 Å². The first-order valence-electron chi connectivity index (χ1n) is 5.54. The van der Waals surface area contributed by atoms with Gasteiger partial charge in [-0.2, -0.15) is 5.10 Å². The van der Waals surface area contributed by atoms with Crippen LogP contribution in [0.25, 0.3) is 0 Å². The van der Waals surface area contributed by atoms with E-state index < -0.39 is 9.84 Å². The van der Waals surface area contributed by atoms with E-state index in [1.807, 2.05) is 16.9 Å². The van der Waals surface area contributed by atoms with E-state index >= 15 is 0 Å². The van der Waals surface area contributed by atoms with E-state index in [1.54, 1.807) is 0 Å². The van der Waals surface area contributed by atoms with E-state index in [9.17, 15) is 8.42 Å². The fraction of sp³-hybridized carbons (Fsp3) is 0.727. The molecule has 1 aliphatic heterocycles. The van der Waals surface area contributed by atoms with E-state index in [1.165, 1.54) is 0 Å². The summed E-state index contributed by atoms with van der Waals surface area (Å²) >= 11 is 0. The van der Waals surface area contributed by atoms with E-state index in [4.69, 9.17) is 0 Å². The third kappa shape index (κ3) is 2.29. The Morgan fingerprint density at radius 3 is 2.56 bits per heavy atom.